The zero-order valence-electron chi connectivity index (χ0n) is 6.97. The maximum atomic E-state index is 12.6. The molecule has 0 aliphatic rings. The maximum Gasteiger partial charge on any atom is 0.265 e. The van der Waals surface area contributed by atoms with Crippen LogP contribution in [-0.4, -0.2) is 4.98 Å². The fourth-order valence-corrected chi connectivity index (χ4v) is 1.76. The van der Waals surface area contributed by atoms with E-state index in [0.29, 0.717) is 3.57 Å². The maximum absolute atomic E-state index is 12.6. The largest absolute Gasteiger partial charge is 0.383 e. The number of hydrogen-bond acceptors (Lipinski definition) is 3. The number of nitrogens with two attached hydrogens (primary N) is 1. The number of pyridine rings is 1. The number of nitrogen functional groups attached to an aromatic ring is 1. The summed E-state index contributed by atoms with van der Waals surface area (Å²) in [5, 5.41) is 8.46. The lowest BCUT2D eigenvalue weighted by molar-refractivity contribution is 0.149. The molecule has 74 valence electrons. The van der Waals surface area contributed by atoms with Crippen molar-refractivity contribution in [3.63, 3.8) is 0 Å². The van der Waals surface area contributed by atoms with Crippen molar-refractivity contribution in [2.45, 2.75) is 12.8 Å². The summed E-state index contributed by atoms with van der Waals surface area (Å²) in [6.07, 6.45) is -1.50. The van der Waals surface area contributed by atoms with Gasteiger partial charge < -0.3 is 5.73 Å². The lowest BCUT2D eigenvalue weighted by Crippen LogP contribution is -2.05. The number of aromatic nitrogens is 1. The van der Waals surface area contributed by atoms with Crippen LogP contribution < -0.4 is 5.73 Å². The molecule has 2 N–H and O–H groups in total. The van der Waals surface area contributed by atoms with E-state index in [1.807, 2.05) is 0 Å². The van der Waals surface area contributed by atoms with Gasteiger partial charge in [0, 0.05) is 20.9 Å². The number of rotatable bonds is 2. The van der Waals surface area contributed by atoms with Crippen molar-refractivity contribution in [1.82, 2.24) is 4.98 Å². The van der Waals surface area contributed by atoms with Gasteiger partial charge in [0.1, 0.15) is 5.82 Å². The zero-order chi connectivity index (χ0) is 10.7. The highest BCUT2D eigenvalue weighted by Crippen LogP contribution is 2.30. The van der Waals surface area contributed by atoms with E-state index in [-0.39, 0.29) is 23.4 Å². The molecule has 0 spiro atoms. The molecule has 0 amide bonds. The summed E-state index contributed by atoms with van der Waals surface area (Å²) >= 11 is 1.75. The summed E-state index contributed by atoms with van der Waals surface area (Å²) in [4.78, 5) is 3.73. The third-order valence-corrected chi connectivity index (χ3v) is 2.54. The van der Waals surface area contributed by atoms with E-state index < -0.39 is 6.43 Å². The molecule has 1 aromatic heterocycles. The molecule has 14 heavy (non-hydrogen) atoms. The molecule has 0 radical (unpaired) electrons. The van der Waals surface area contributed by atoms with Crippen LogP contribution in [0.2, 0.25) is 0 Å². The van der Waals surface area contributed by atoms with E-state index in [1.54, 1.807) is 28.7 Å². The van der Waals surface area contributed by atoms with Gasteiger partial charge in [-0.05, 0) is 22.6 Å². The standard InChI is InChI=1S/C8H6F2IN3/c9-7(10)6-4(1-2-12)8(13)14-3-5(6)11/h3,7H,1H2,(H2,13,14). The number of nitrogens with zero attached hydrogens (tertiary/aromatic N) is 2. The Labute approximate surface area is 93.1 Å². The average Bonchev–Trinajstić information content (AvgIpc) is 2.11. The predicted molar refractivity (Wildman–Crippen MR) is 55.6 cm³/mol. The number of nitriles is 1. The van der Waals surface area contributed by atoms with Gasteiger partial charge in [0.25, 0.3) is 6.43 Å². The Balaban J connectivity index is 3.35. The Morgan fingerprint density at radius 3 is 2.79 bits per heavy atom. The van der Waals surface area contributed by atoms with Gasteiger partial charge >= 0.3 is 0 Å². The second kappa shape index (κ2) is 4.50. The van der Waals surface area contributed by atoms with Gasteiger partial charge in [0.15, 0.2) is 0 Å². The molecule has 1 rings (SSSR count). The lowest BCUT2D eigenvalue weighted by atomic mass is 10.1. The van der Waals surface area contributed by atoms with Gasteiger partial charge in [-0.1, -0.05) is 0 Å². The van der Waals surface area contributed by atoms with Crippen molar-refractivity contribution in [1.29, 1.82) is 5.26 Å². The fraction of sp³-hybridized carbons (Fsp3) is 0.250. The summed E-state index contributed by atoms with van der Waals surface area (Å²) in [6, 6.07) is 1.79. The normalized spacial score (nSPS) is 10.2. The first-order valence-corrected chi connectivity index (χ1v) is 4.73. The minimum atomic E-state index is -2.63. The molecule has 0 aliphatic heterocycles. The molecule has 3 nitrogen and oxygen atoms in total. The Morgan fingerprint density at radius 2 is 2.29 bits per heavy atom. The third-order valence-electron chi connectivity index (χ3n) is 1.68. The molecule has 0 aromatic carbocycles. The van der Waals surface area contributed by atoms with E-state index in [1.165, 1.54) is 6.20 Å². The zero-order valence-corrected chi connectivity index (χ0v) is 9.12. The Morgan fingerprint density at radius 1 is 1.64 bits per heavy atom. The van der Waals surface area contributed by atoms with Gasteiger partial charge in [0.2, 0.25) is 0 Å². The summed E-state index contributed by atoms with van der Waals surface area (Å²) in [5.74, 6) is 0.00210. The minimum Gasteiger partial charge on any atom is -0.383 e. The smallest absolute Gasteiger partial charge is 0.265 e. The van der Waals surface area contributed by atoms with Crippen molar-refractivity contribution in [3.05, 3.63) is 20.9 Å². The van der Waals surface area contributed by atoms with E-state index in [2.05, 4.69) is 4.98 Å². The number of alkyl halides is 2. The second-order valence-corrected chi connectivity index (χ2v) is 3.68. The molecule has 0 aliphatic carbocycles. The molecular formula is C8H6F2IN3. The fourth-order valence-electron chi connectivity index (χ4n) is 1.06. The van der Waals surface area contributed by atoms with Gasteiger partial charge in [0.05, 0.1) is 12.5 Å². The topological polar surface area (TPSA) is 62.7 Å². The van der Waals surface area contributed by atoms with E-state index in [9.17, 15) is 8.78 Å². The van der Waals surface area contributed by atoms with E-state index in [0.717, 1.165) is 0 Å². The molecule has 0 saturated carbocycles. The molecular weight excluding hydrogens is 303 g/mol. The van der Waals surface area contributed by atoms with Crippen LogP contribution in [0.1, 0.15) is 17.6 Å². The van der Waals surface area contributed by atoms with Crippen molar-refractivity contribution in [3.8, 4) is 6.07 Å². The third kappa shape index (κ3) is 2.09. The quantitative estimate of drug-likeness (QED) is 0.853. The lowest BCUT2D eigenvalue weighted by Gasteiger charge is -2.09. The van der Waals surface area contributed by atoms with E-state index >= 15 is 0 Å². The van der Waals surface area contributed by atoms with Crippen LogP contribution in [0, 0.1) is 14.9 Å². The van der Waals surface area contributed by atoms with E-state index in [4.69, 9.17) is 11.0 Å². The average molecular weight is 309 g/mol. The van der Waals surface area contributed by atoms with Crippen LogP contribution in [0.4, 0.5) is 14.6 Å². The molecule has 0 bridgehead atoms. The highest BCUT2D eigenvalue weighted by atomic mass is 127. The molecule has 0 unspecified atom stereocenters. The Kier molecular flexibility index (Phi) is 3.57. The first kappa shape index (κ1) is 11.1. The number of hydrogen-bond donors (Lipinski definition) is 1. The second-order valence-electron chi connectivity index (χ2n) is 2.52. The van der Waals surface area contributed by atoms with Gasteiger partial charge in [-0.25, -0.2) is 13.8 Å². The van der Waals surface area contributed by atoms with Crippen molar-refractivity contribution in [2.75, 3.05) is 5.73 Å². The van der Waals surface area contributed by atoms with Crippen molar-refractivity contribution < 1.29 is 8.78 Å². The van der Waals surface area contributed by atoms with Crippen LogP contribution in [0.25, 0.3) is 0 Å². The monoisotopic (exact) mass is 309 g/mol. The van der Waals surface area contributed by atoms with Crippen LogP contribution >= 0.6 is 22.6 Å². The van der Waals surface area contributed by atoms with Crippen LogP contribution in [-0.2, 0) is 6.42 Å². The van der Waals surface area contributed by atoms with Gasteiger partial charge in [-0.15, -0.1) is 0 Å². The first-order chi connectivity index (χ1) is 6.57. The Bertz CT molecular complexity index is 387. The van der Waals surface area contributed by atoms with Gasteiger partial charge in [-0.2, -0.15) is 5.26 Å². The molecule has 1 heterocycles. The van der Waals surface area contributed by atoms with Crippen molar-refractivity contribution in [2.24, 2.45) is 0 Å². The molecule has 1 aromatic rings. The van der Waals surface area contributed by atoms with Crippen molar-refractivity contribution >= 4 is 28.4 Å². The molecule has 0 atom stereocenters. The minimum absolute atomic E-state index is 0.00210. The summed E-state index contributed by atoms with van der Waals surface area (Å²) in [6.45, 7) is 0. The van der Waals surface area contributed by atoms with Crippen LogP contribution in [0.3, 0.4) is 0 Å². The summed E-state index contributed by atoms with van der Waals surface area (Å²) in [5.41, 5.74) is 5.37. The van der Waals surface area contributed by atoms with Gasteiger partial charge in [-0.3, -0.25) is 0 Å². The molecule has 0 saturated heterocycles. The molecule has 6 heteroatoms. The summed E-state index contributed by atoms with van der Waals surface area (Å²) < 4.78 is 25.5. The first-order valence-electron chi connectivity index (χ1n) is 3.65. The highest BCUT2D eigenvalue weighted by Gasteiger charge is 2.19. The predicted octanol–water partition coefficient (Wildman–Crippen LogP) is 2.27. The SMILES string of the molecule is N#CCc1c(N)ncc(I)c1C(F)F. The Hall–Kier alpha value is -0.970. The molecule has 0 fully saturated rings. The highest BCUT2D eigenvalue weighted by molar-refractivity contribution is 14.1. The van der Waals surface area contributed by atoms with Crippen LogP contribution in [0.15, 0.2) is 6.20 Å². The number of anilines is 1. The van der Waals surface area contributed by atoms with Crippen LogP contribution in [0.5, 0.6) is 0 Å². The number of halogens is 3. The summed E-state index contributed by atoms with van der Waals surface area (Å²) in [7, 11) is 0.